The molecule has 42 heteroatoms. The Labute approximate surface area is 678 Å². The first-order valence-corrected chi connectivity index (χ1v) is 16.3. The zero-order valence-electron chi connectivity index (χ0n) is 43.2. The van der Waals surface area contributed by atoms with Crippen molar-refractivity contribution in [3.63, 3.8) is 0 Å². The van der Waals surface area contributed by atoms with Crippen molar-refractivity contribution < 1.29 is 474 Å². The summed E-state index contributed by atoms with van der Waals surface area (Å²) >= 11 is 0. The molecule has 0 aromatic carbocycles. The van der Waals surface area contributed by atoms with Gasteiger partial charge in [-0.15, -0.1) is 0 Å². The Morgan fingerprint density at radius 3 is 0.264 bits per heavy atom. The molecule has 30 nitrogen and oxygen atoms in total. The maximum atomic E-state index is 10.4. The third kappa shape index (κ3) is 89.2. The average Bonchev–Trinajstić information content (AvgIpc) is 3.02. The van der Waals surface area contributed by atoms with Gasteiger partial charge in [0, 0.05) is 118 Å². The van der Waals surface area contributed by atoms with E-state index < -0.39 is 150 Å². The number of carboxylic acids is 12. The van der Waals surface area contributed by atoms with Gasteiger partial charge in [0.15, 0.2) is 0 Å². The van der Waals surface area contributed by atoms with Gasteiger partial charge in [-0.2, -0.15) is 0 Å². The van der Waals surface area contributed by atoms with Crippen molar-refractivity contribution in [3.8, 4) is 0 Å². The Morgan fingerprint density at radius 2 is 0.222 bits per heavy atom. The van der Waals surface area contributed by atoms with E-state index >= 15 is 0 Å². The molecular formula is C30H36N6Na12O24. The van der Waals surface area contributed by atoms with E-state index in [0.29, 0.717) is 0 Å². The van der Waals surface area contributed by atoms with Crippen LogP contribution in [0.3, 0.4) is 0 Å². The Hall–Kier alpha value is 5.40. The molecular weight excluding hydrogens is 1100 g/mol. The molecule has 0 aromatic heterocycles. The topological polar surface area (TPSA) is 501 Å². The quantitative estimate of drug-likeness (QED) is 0.0551. The molecule has 0 aliphatic heterocycles. The monoisotopic (exact) mass is 1140 g/mol. The van der Waals surface area contributed by atoms with Gasteiger partial charge in [-0.05, 0) is 0 Å². The van der Waals surface area contributed by atoms with Crippen LogP contribution in [0.25, 0.3) is 0 Å². The van der Waals surface area contributed by atoms with Crippen LogP contribution in [-0.2, 0) is 57.5 Å². The zero-order chi connectivity index (χ0) is 47.1. The third-order valence-electron chi connectivity index (χ3n) is 6.43. The molecule has 0 radical (unpaired) electrons. The number of aliphatic carboxylic acids is 12. The summed E-state index contributed by atoms with van der Waals surface area (Å²) in [6.07, 6.45) is 0. The van der Waals surface area contributed by atoms with Gasteiger partial charge in [0.1, 0.15) is 0 Å². The summed E-state index contributed by atoms with van der Waals surface area (Å²) in [5, 5.41) is 125. The van der Waals surface area contributed by atoms with Crippen molar-refractivity contribution in [3.05, 3.63) is 0 Å². The van der Waals surface area contributed by atoms with Gasteiger partial charge in [-0.1, -0.05) is 0 Å². The first kappa shape index (κ1) is 116. The average molecular weight is 1140 g/mol. The Bertz CT molecular complexity index is 1160. The molecule has 0 bridgehead atoms. The van der Waals surface area contributed by atoms with Crippen LogP contribution in [0.1, 0.15) is 0 Å². The Balaban J connectivity index is -0.0000000481. The van der Waals surface area contributed by atoms with Crippen LogP contribution in [0.2, 0.25) is 0 Å². The molecule has 0 aromatic rings. The molecule has 0 saturated heterocycles. The van der Waals surface area contributed by atoms with Crippen LogP contribution >= 0.6 is 0 Å². The smallest absolute Gasteiger partial charge is 0.549 e. The molecule has 0 N–H and O–H groups in total. The fourth-order valence-corrected chi connectivity index (χ4v) is 4.32. The molecule has 0 saturated carbocycles. The molecule has 0 fully saturated rings. The van der Waals surface area contributed by atoms with E-state index in [4.69, 9.17) is 0 Å². The van der Waals surface area contributed by atoms with E-state index in [1.165, 1.54) is 0 Å². The van der Waals surface area contributed by atoms with Gasteiger partial charge in [-0.3, -0.25) is 29.4 Å². The molecule has 72 heavy (non-hydrogen) atoms. The largest absolute Gasteiger partial charge is 1.00 e. The van der Waals surface area contributed by atoms with Crippen LogP contribution in [-0.4, -0.2) is 219 Å². The SMILES string of the molecule is O=C([O-])CN(CCN(CC(=O)[O-])CC(=O)[O-])CC(=O)[O-].O=C([O-])CN(CCN(CC(=O)[O-])CC(=O)[O-])CC(=O)[O-].O=C([O-])CN(CCN(CC(=O)[O-])CC(=O)[O-])CC(=O)[O-].[Na+].[Na+].[Na+].[Na+].[Na+].[Na+].[Na+].[Na+].[Na+].[Na+].[Na+].[Na+]. The van der Waals surface area contributed by atoms with E-state index in [0.717, 1.165) is 29.4 Å². The van der Waals surface area contributed by atoms with Crippen molar-refractivity contribution in [2.45, 2.75) is 0 Å². The summed E-state index contributed by atoms with van der Waals surface area (Å²) in [5.74, 6) is -18.4. The van der Waals surface area contributed by atoms with Gasteiger partial charge >= 0.3 is 355 Å². The third-order valence-corrected chi connectivity index (χ3v) is 6.43. The number of carbonyl (C=O) groups excluding carboxylic acids is 12. The Kier molecular flexibility index (Phi) is 117. The molecule has 0 amide bonds. The summed E-state index contributed by atoms with van der Waals surface area (Å²) < 4.78 is 0. The number of rotatable bonds is 33. The first-order chi connectivity index (χ1) is 27.6. The van der Waals surface area contributed by atoms with Gasteiger partial charge in [0.25, 0.3) is 0 Å². The number of carbonyl (C=O) groups is 12. The maximum absolute atomic E-state index is 10.4. The number of hydrogen-bond acceptors (Lipinski definition) is 30. The van der Waals surface area contributed by atoms with Crippen LogP contribution in [0, 0.1) is 0 Å². The predicted octanol–water partition coefficient (Wildman–Crippen LogP) is -58.2. The number of hydrogen-bond donors (Lipinski definition) is 0. The van der Waals surface area contributed by atoms with E-state index in [2.05, 4.69) is 0 Å². The van der Waals surface area contributed by atoms with Crippen molar-refractivity contribution in [1.29, 1.82) is 0 Å². The maximum Gasteiger partial charge on any atom is 1.00 e. The summed E-state index contributed by atoms with van der Waals surface area (Å²) in [7, 11) is 0. The molecule has 0 heterocycles. The second-order valence-electron chi connectivity index (χ2n) is 11.7. The van der Waals surface area contributed by atoms with Crippen LogP contribution in [0.4, 0.5) is 0 Å². The molecule has 0 aliphatic carbocycles. The molecule has 0 rings (SSSR count). The molecule has 0 unspecified atom stereocenters. The molecule has 0 atom stereocenters. The first-order valence-electron chi connectivity index (χ1n) is 16.3. The number of carboxylic acid groups (broad SMARTS) is 12. The van der Waals surface area contributed by atoms with Gasteiger partial charge in [-0.25, -0.2) is 0 Å². The zero-order valence-corrected chi connectivity index (χ0v) is 67.2. The van der Waals surface area contributed by atoms with Gasteiger partial charge in [0.05, 0.1) is 71.6 Å². The second-order valence-corrected chi connectivity index (χ2v) is 11.7. The minimum atomic E-state index is -1.53. The predicted molar refractivity (Wildman–Crippen MR) is 159 cm³/mol. The summed E-state index contributed by atoms with van der Waals surface area (Å²) in [6.45, 7) is -9.75. The molecule has 0 spiro atoms. The van der Waals surface area contributed by atoms with E-state index in [1.807, 2.05) is 0 Å². The van der Waals surface area contributed by atoms with Crippen LogP contribution in [0.5, 0.6) is 0 Å². The minimum Gasteiger partial charge on any atom is -0.549 e. The van der Waals surface area contributed by atoms with Crippen LogP contribution in [0.15, 0.2) is 0 Å². The van der Waals surface area contributed by atoms with E-state index in [9.17, 15) is 119 Å². The number of nitrogens with zero attached hydrogens (tertiary/aromatic N) is 6. The van der Waals surface area contributed by atoms with Gasteiger partial charge < -0.3 is 119 Å². The van der Waals surface area contributed by atoms with Crippen molar-refractivity contribution in [1.82, 2.24) is 29.4 Å². The summed E-state index contributed by atoms with van der Waals surface area (Å²) in [6, 6.07) is 0. The molecule has 342 valence electrons. The summed E-state index contributed by atoms with van der Waals surface area (Å²) in [5.41, 5.74) is 0. The van der Waals surface area contributed by atoms with Gasteiger partial charge in [0.2, 0.25) is 0 Å². The van der Waals surface area contributed by atoms with E-state index in [1.54, 1.807) is 0 Å². The van der Waals surface area contributed by atoms with E-state index in [-0.39, 0.29) is 394 Å². The fraction of sp³-hybridized carbons (Fsp3) is 0.600. The normalized spacial score (nSPS) is 8.92. The minimum absolute atomic E-state index is 0. The summed E-state index contributed by atoms with van der Waals surface area (Å²) in [4.78, 5) is 130. The fourth-order valence-electron chi connectivity index (χ4n) is 4.32. The van der Waals surface area contributed by atoms with Crippen molar-refractivity contribution in [2.24, 2.45) is 0 Å². The van der Waals surface area contributed by atoms with Crippen molar-refractivity contribution in [2.75, 3.05) is 118 Å². The Morgan fingerprint density at radius 1 is 0.167 bits per heavy atom. The second kappa shape index (κ2) is 72.5. The van der Waals surface area contributed by atoms with Crippen molar-refractivity contribution >= 4 is 71.6 Å². The van der Waals surface area contributed by atoms with Crippen LogP contribution < -0.4 is 416 Å². The standard InChI is InChI=1S/3C10H16N2O8.12Na/c3*13-7(14)3-11(4-8(15)16)1-2-12(5-9(17)18)6-10(19)20;;;;;;;;;;;;/h3*1-6H2,(H,13,14)(H,15,16)(H,17,18)(H,19,20);;;;;;;;;;;;/q;;;12*+1/p-12. The molecule has 0 aliphatic rings.